The van der Waals surface area contributed by atoms with Crippen molar-refractivity contribution in [1.29, 1.82) is 0 Å². The molecule has 2 rings (SSSR count). The highest BCUT2D eigenvalue weighted by atomic mass is 79.9. The topological polar surface area (TPSA) is 48.0 Å². The van der Waals surface area contributed by atoms with Crippen molar-refractivity contribution in [2.24, 2.45) is 0 Å². The summed E-state index contributed by atoms with van der Waals surface area (Å²) in [5.41, 5.74) is 7.41. The lowest BCUT2D eigenvalue weighted by Gasteiger charge is -2.07. The Labute approximate surface area is 116 Å². The van der Waals surface area contributed by atoms with E-state index in [9.17, 15) is 4.79 Å². The predicted octanol–water partition coefficient (Wildman–Crippen LogP) is 3.00. The summed E-state index contributed by atoms with van der Waals surface area (Å²) < 4.78 is 3.06. The summed E-state index contributed by atoms with van der Waals surface area (Å²) in [7, 11) is 0. The second-order valence-corrected chi connectivity index (χ2v) is 5.35. The highest BCUT2D eigenvalue weighted by Crippen LogP contribution is 2.20. The average Bonchev–Trinajstić information content (AvgIpc) is 2.30. The normalized spacial score (nSPS) is 10.5. The van der Waals surface area contributed by atoms with Crippen molar-refractivity contribution >= 4 is 37.5 Å². The quantitative estimate of drug-likeness (QED) is 0.840. The zero-order valence-electron chi connectivity index (χ0n) is 8.86. The zero-order valence-corrected chi connectivity index (χ0v) is 12.0. The largest absolute Gasteiger partial charge is 0.398 e. The fourth-order valence-electron chi connectivity index (χ4n) is 1.52. The van der Waals surface area contributed by atoms with Crippen LogP contribution in [-0.2, 0) is 6.54 Å². The molecule has 0 spiro atoms. The monoisotopic (exact) mass is 356 g/mol. The van der Waals surface area contributed by atoms with Crippen LogP contribution in [0.5, 0.6) is 0 Å². The molecule has 3 nitrogen and oxygen atoms in total. The number of nitrogens with two attached hydrogens (primary N) is 1. The molecule has 5 heteroatoms. The minimum Gasteiger partial charge on any atom is -0.398 e. The Morgan fingerprint density at radius 2 is 1.94 bits per heavy atom. The minimum atomic E-state index is -0.0472. The van der Waals surface area contributed by atoms with Crippen molar-refractivity contribution in [3.8, 4) is 0 Å². The number of pyridine rings is 1. The van der Waals surface area contributed by atoms with Gasteiger partial charge in [-0.2, -0.15) is 0 Å². The van der Waals surface area contributed by atoms with Crippen molar-refractivity contribution in [2.75, 3.05) is 5.73 Å². The first-order valence-electron chi connectivity index (χ1n) is 4.97. The Kier molecular flexibility index (Phi) is 3.69. The van der Waals surface area contributed by atoms with Crippen LogP contribution in [0.4, 0.5) is 5.69 Å². The van der Waals surface area contributed by atoms with Gasteiger partial charge in [0.2, 0.25) is 0 Å². The van der Waals surface area contributed by atoms with E-state index in [1.807, 2.05) is 24.3 Å². The van der Waals surface area contributed by atoms with Crippen LogP contribution in [0, 0.1) is 0 Å². The van der Waals surface area contributed by atoms with Gasteiger partial charge in [0.25, 0.3) is 5.56 Å². The molecular weight excluding hydrogens is 348 g/mol. The molecule has 88 valence electrons. The molecule has 0 aliphatic heterocycles. The summed E-state index contributed by atoms with van der Waals surface area (Å²) in [6.07, 6.45) is 1.76. The summed E-state index contributed by atoms with van der Waals surface area (Å²) in [5, 5.41) is 0. The van der Waals surface area contributed by atoms with Crippen LogP contribution >= 0.6 is 31.9 Å². The Bertz CT molecular complexity index is 608. The van der Waals surface area contributed by atoms with Crippen LogP contribution in [0.3, 0.4) is 0 Å². The van der Waals surface area contributed by atoms with E-state index in [-0.39, 0.29) is 5.56 Å². The summed E-state index contributed by atoms with van der Waals surface area (Å²) in [6, 6.07) is 9.24. The lowest BCUT2D eigenvalue weighted by molar-refractivity contribution is 0.755. The zero-order chi connectivity index (χ0) is 12.4. The fraction of sp³-hybridized carbons (Fsp3) is 0.0833. The van der Waals surface area contributed by atoms with Gasteiger partial charge in [-0.25, -0.2) is 0 Å². The average molecular weight is 358 g/mol. The van der Waals surface area contributed by atoms with Crippen molar-refractivity contribution in [3.05, 3.63) is 61.4 Å². The van der Waals surface area contributed by atoms with E-state index in [1.54, 1.807) is 16.8 Å². The Hall–Kier alpha value is -1.07. The molecule has 0 saturated heterocycles. The molecule has 2 aromatic rings. The Balaban J connectivity index is 2.35. The smallest absolute Gasteiger partial charge is 0.265 e. The third-order valence-corrected chi connectivity index (χ3v) is 3.71. The number of rotatable bonds is 2. The summed E-state index contributed by atoms with van der Waals surface area (Å²) in [6.45, 7) is 0.510. The van der Waals surface area contributed by atoms with Gasteiger partial charge in [-0.1, -0.05) is 6.07 Å². The number of hydrogen-bond donors (Lipinski definition) is 1. The van der Waals surface area contributed by atoms with E-state index < -0.39 is 0 Å². The van der Waals surface area contributed by atoms with E-state index in [4.69, 9.17) is 5.73 Å². The van der Waals surface area contributed by atoms with E-state index in [0.29, 0.717) is 16.7 Å². The highest BCUT2D eigenvalue weighted by molar-refractivity contribution is 9.10. The Morgan fingerprint density at radius 3 is 2.65 bits per heavy atom. The molecule has 0 atom stereocenters. The van der Waals surface area contributed by atoms with Crippen LogP contribution in [0.15, 0.2) is 50.3 Å². The molecule has 0 radical (unpaired) electrons. The van der Waals surface area contributed by atoms with Crippen LogP contribution in [0.1, 0.15) is 5.56 Å². The lowest BCUT2D eigenvalue weighted by atomic mass is 10.2. The second-order valence-electron chi connectivity index (χ2n) is 3.65. The molecule has 0 bridgehead atoms. The van der Waals surface area contributed by atoms with Gasteiger partial charge in [0, 0.05) is 16.4 Å². The van der Waals surface area contributed by atoms with Gasteiger partial charge < -0.3 is 10.3 Å². The molecule has 0 saturated carbocycles. The summed E-state index contributed by atoms with van der Waals surface area (Å²) >= 11 is 6.56. The first-order valence-corrected chi connectivity index (χ1v) is 6.55. The molecule has 17 heavy (non-hydrogen) atoms. The number of aromatic nitrogens is 1. The third-order valence-electron chi connectivity index (χ3n) is 2.39. The van der Waals surface area contributed by atoms with Gasteiger partial charge in [-0.3, -0.25) is 4.79 Å². The molecule has 0 aliphatic rings. The SMILES string of the molecule is Nc1cc(Cn2cccc(Br)c2=O)ccc1Br. The molecule has 0 unspecified atom stereocenters. The van der Waals surface area contributed by atoms with Crippen LogP contribution in [0.25, 0.3) is 0 Å². The number of hydrogen-bond acceptors (Lipinski definition) is 2. The van der Waals surface area contributed by atoms with E-state index in [2.05, 4.69) is 31.9 Å². The van der Waals surface area contributed by atoms with Crippen LogP contribution in [-0.4, -0.2) is 4.57 Å². The van der Waals surface area contributed by atoms with Gasteiger partial charge in [-0.15, -0.1) is 0 Å². The van der Waals surface area contributed by atoms with E-state index in [0.717, 1.165) is 10.0 Å². The van der Waals surface area contributed by atoms with Gasteiger partial charge in [0.15, 0.2) is 0 Å². The summed E-state index contributed by atoms with van der Waals surface area (Å²) in [5.74, 6) is 0. The first-order chi connectivity index (χ1) is 8.08. The molecule has 1 aromatic carbocycles. The third kappa shape index (κ3) is 2.79. The molecule has 1 aromatic heterocycles. The van der Waals surface area contributed by atoms with E-state index in [1.165, 1.54) is 0 Å². The second kappa shape index (κ2) is 5.06. The first kappa shape index (κ1) is 12.4. The van der Waals surface area contributed by atoms with Gasteiger partial charge in [-0.05, 0) is 61.7 Å². The number of halogens is 2. The standard InChI is InChI=1S/C12H10Br2N2O/c13-9-4-3-8(6-11(9)15)7-16-5-1-2-10(14)12(16)17/h1-6H,7,15H2. The number of anilines is 1. The number of benzene rings is 1. The van der Waals surface area contributed by atoms with Gasteiger partial charge in [0.1, 0.15) is 0 Å². The lowest BCUT2D eigenvalue weighted by Crippen LogP contribution is -2.20. The molecule has 1 heterocycles. The molecule has 0 aliphatic carbocycles. The predicted molar refractivity (Wildman–Crippen MR) is 76.1 cm³/mol. The van der Waals surface area contributed by atoms with Crippen molar-refractivity contribution in [1.82, 2.24) is 4.57 Å². The maximum absolute atomic E-state index is 11.8. The van der Waals surface area contributed by atoms with Crippen molar-refractivity contribution < 1.29 is 0 Å². The van der Waals surface area contributed by atoms with Crippen LogP contribution in [0.2, 0.25) is 0 Å². The molecule has 2 N–H and O–H groups in total. The number of nitrogens with zero attached hydrogens (tertiary/aromatic N) is 1. The highest BCUT2D eigenvalue weighted by Gasteiger charge is 2.02. The van der Waals surface area contributed by atoms with Gasteiger partial charge in [0.05, 0.1) is 11.0 Å². The minimum absolute atomic E-state index is 0.0472. The molecule has 0 fully saturated rings. The molecule has 0 amide bonds. The number of nitrogen functional groups attached to an aromatic ring is 1. The maximum atomic E-state index is 11.8. The fourth-order valence-corrected chi connectivity index (χ4v) is 2.15. The Morgan fingerprint density at radius 1 is 1.18 bits per heavy atom. The van der Waals surface area contributed by atoms with Crippen molar-refractivity contribution in [3.63, 3.8) is 0 Å². The van der Waals surface area contributed by atoms with E-state index >= 15 is 0 Å². The summed E-state index contributed by atoms with van der Waals surface area (Å²) in [4.78, 5) is 11.8. The van der Waals surface area contributed by atoms with Crippen LogP contribution < -0.4 is 11.3 Å². The maximum Gasteiger partial charge on any atom is 0.265 e. The van der Waals surface area contributed by atoms with Crippen molar-refractivity contribution in [2.45, 2.75) is 6.54 Å². The van der Waals surface area contributed by atoms with Gasteiger partial charge >= 0.3 is 0 Å². The molecular formula is C12H10Br2N2O.